The van der Waals surface area contributed by atoms with Crippen molar-refractivity contribution in [2.45, 2.75) is 25.7 Å². The van der Waals surface area contributed by atoms with E-state index in [9.17, 15) is 4.79 Å². The zero-order valence-corrected chi connectivity index (χ0v) is 12.7. The summed E-state index contributed by atoms with van der Waals surface area (Å²) in [6.45, 7) is 5.26. The summed E-state index contributed by atoms with van der Waals surface area (Å²) in [4.78, 5) is 14.1. The van der Waals surface area contributed by atoms with Gasteiger partial charge < -0.3 is 10.1 Å². The number of rotatable bonds is 8. The Balaban J connectivity index is 1.47. The molecule has 0 bridgehead atoms. The van der Waals surface area contributed by atoms with Crippen molar-refractivity contribution in [3.8, 4) is 0 Å². The van der Waals surface area contributed by atoms with E-state index in [1.54, 1.807) is 0 Å². The van der Waals surface area contributed by atoms with E-state index in [1.807, 2.05) is 6.07 Å². The SMILES string of the molecule is O=C(CCCCc1ccccc1)NCCN1CCOCC1. The molecule has 1 saturated heterocycles. The van der Waals surface area contributed by atoms with Crippen LogP contribution in [0, 0.1) is 0 Å². The van der Waals surface area contributed by atoms with Crippen LogP contribution in [0.2, 0.25) is 0 Å². The Labute approximate surface area is 127 Å². The van der Waals surface area contributed by atoms with Crippen molar-refractivity contribution in [2.24, 2.45) is 0 Å². The molecule has 1 aliphatic heterocycles. The van der Waals surface area contributed by atoms with Gasteiger partial charge in [-0.15, -0.1) is 0 Å². The second-order valence-electron chi connectivity index (χ2n) is 5.50. The largest absolute Gasteiger partial charge is 0.379 e. The fourth-order valence-corrected chi connectivity index (χ4v) is 2.53. The van der Waals surface area contributed by atoms with Crippen molar-refractivity contribution in [2.75, 3.05) is 39.4 Å². The molecule has 116 valence electrons. The number of benzene rings is 1. The normalized spacial score (nSPS) is 15.8. The van der Waals surface area contributed by atoms with Crippen molar-refractivity contribution in [3.05, 3.63) is 35.9 Å². The van der Waals surface area contributed by atoms with Crippen LogP contribution in [-0.2, 0) is 16.0 Å². The van der Waals surface area contributed by atoms with Crippen LogP contribution in [0.15, 0.2) is 30.3 Å². The third-order valence-corrected chi connectivity index (χ3v) is 3.82. The number of carbonyl (C=O) groups is 1. The van der Waals surface area contributed by atoms with Crippen molar-refractivity contribution in [1.29, 1.82) is 0 Å². The molecule has 1 fully saturated rings. The molecule has 1 aromatic rings. The Hall–Kier alpha value is -1.39. The lowest BCUT2D eigenvalue weighted by Crippen LogP contribution is -2.41. The highest BCUT2D eigenvalue weighted by Crippen LogP contribution is 2.06. The minimum absolute atomic E-state index is 0.177. The van der Waals surface area contributed by atoms with Crippen LogP contribution in [0.3, 0.4) is 0 Å². The molecular weight excluding hydrogens is 264 g/mol. The lowest BCUT2D eigenvalue weighted by Gasteiger charge is -2.26. The van der Waals surface area contributed by atoms with Crippen LogP contribution in [0.25, 0.3) is 0 Å². The number of morpholine rings is 1. The number of ether oxygens (including phenoxy) is 1. The summed E-state index contributed by atoms with van der Waals surface area (Å²) in [5.74, 6) is 0.177. The third kappa shape index (κ3) is 6.74. The van der Waals surface area contributed by atoms with E-state index in [2.05, 4.69) is 34.5 Å². The number of aryl methyl sites for hydroxylation is 1. The molecular formula is C17H26N2O2. The standard InChI is InChI=1S/C17H26N2O2/c20-17(18-10-11-19-12-14-21-15-13-19)9-5-4-8-16-6-2-1-3-7-16/h1-3,6-7H,4-5,8-15H2,(H,18,20). The van der Waals surface area contributed by atoms with Gasteiger partial charge in [-0.2, -0.15) is 0 Å². The Morgan fingerprint density at radius 1 is 1.14 bits per heavy atom. The minimum atomic E-state index is 0.177. The summed E-state index contributed by atoms with van der Waals surface area (Å²) in [6.07, 6.45) is 3.72. The van der Waals surface area contributed by atoms with Crippen molar-refractivity contribution in [3.63, 3.8) is 0 Å². The zero-order valence-electron chi connectivity index (χ0n) is 12.7. The smallest absolute Gasteiger partial charge is 0.220 e. The molecule has 1 heterocycles. The number of unbranched alkanes of at least 4 members (excludes halogenated alkanes) is 1. The molecule has 1 aromatic carbocycles. The zero-order chi connectivity index (χ0) is 14.8. The minimum Gasteiger partial charge on any atom is -0.379 e. The summed E-state index contributed by atoms with van der Waals surface area (Å²) in [5.41, 5.74) is 1.35. The van der Waals surface area contributed by atoms with Gasteiger partial charge >= 0.3 is 0 Å². The Morgan fingerprint density at radius 2 is 1.90 bits per heavy atom. The van der Waals surface area contributed by atoms with E-state index >= 15 is 0 Å². The second-order valence-corrected chi connectivity index (χ2v) is 5.50. The Morgan fingerprint density at radius 3 is 2.67 bits per heavy atom. The molecule has 0 unspecified atom stereocenters. The molecule has 0 aromatic heterocycles. The van der Waals surface area contributed by atoms with E-state index in [-0.39, 0.29) is 5.91 Å². The quantitative estimate of drug-likeness (QED) is 0.743. The maximum absolute atomic E-state index is 11.7. The Bertz CT molecular complexity index is 403. The number of nitrogens with zero attached hydrogens (tertiary/aromatic N) is 1. The van der Waals surface area contributed by atoms with Crippen LogP contribution < -0.4 is 5.32 Å². The van der Waals surface area contributed by atoms with Gasteiger partial charge in [-0.3, -0.25) is 9.69 Å². The number of hydrogen-bond acceptors (Lipinski definition) is 3. The monoisotopic (exact) mass is 290 g/mol. The molecule has 1 N–H and O–H groups in total. The first-order valence-electron chi connectivity index (χ1n) is 7.95. The van der Waals surface area contributed by atoms with E-state index in [0.29, 0.717) is 6.42 Å². The van der Waals surface area contributed by atoms with Crippen molar-refractivity contribution in [1.82, 2.24) is 10.2 Å². The van der Waals surface area contributed by atoms with Gasteiger partial charge in [0.05, 0.1) is 13.2 Å². The number of carbonyl (C=O) groups excluding carboxylic acids is 1. The maximum Gasteiger partial charge on any atom is 0.220 e. The second kappa shape index (κ2) is 9.53. The maximum atomic E-state index is 11.7. The van der Waals surface area contributed by atoms with Gasteiger partial charge in [0.15, 0.2) is 0 Å². The molecule has 0 atom stereocenters. The van der Waals surface area contributed by atoms with Gasteiger partial charge in [-0.25, -0.2) is 0 Å². The number of nitrogens with one attached hydrogen (secondary N) is 1. The summed E-state index contributed by atoms with van der Waals surface area (Å²) in [5, 5.41) is 3.01. The first-order valence-corrected chi connectivity index (χ1v) is 7.95. The van der Waals surface area contributed by atoms with Crippen LogP contribution >= 0.6 is 0 Å². The van der Waals surface area contributed by atoms with E-state index in [4.69, 9.17) is 4.74 Å². The van der Waals surface area contributed by atoms with Crippen LogP contribution in [0.5, 0.6) is 0 Å². The fourth-order valence-electron chi connectivity index (χ4n) is 2.53. The third-order valence-electron chi connectivity index (χ3n) is 3.82. The molecule has 4 heteroatoms. The van der Waals surface area contributed by atoms with Gasteiger partial charge in [0.1, 0.15) is 0 Å². The predicted molar refractivity (Wildman–Crippen MR) is 84.3 cm³/mol. The summed E-state index contributed by atoms with van der Waals surface area (Å²) in [7, 11) is 0. The summed E-state index contributed by atoms with van der Waals surface area (Å²) >= 11 is 0. The van der Waals surface area contributed by atoms with E-state index < -0.39 is 0 Å². The highest BCUT2D eigenvalue weighted by Gasteiger charge is 2.09. The molecule has 0 saturated carbocycles. The van der Waals surface area contributed by atoms with Crippen LogP contribution in [-0.4, -0.2) is 50.2 Å². The fraction of sp³-hybridized carbons (Fsp3) is 0.588. The summed E-state index contributed by atoms with van der Waals surface area (Å²) < 4.78 is 5.30. The van der Waals surface area contributed by atoms with Gasteiger partial charge in [0.25, 0.3) is 0 Å². The van der Waals surface area contributed by atoms with E-state index in [0.717, 1.165) is 58.7 Å². The van der Waals surface area contributed by atoms with E-state index in [1.165, 1.54) is 5.56 Å². The molecule has 0 spiro atoms. The first-order chi connectivity index (χ1) is 10.3. The average molecular weight is 290 g/mol. The van der Waals surface area contributed by atoms with Gasteiger partial charge in [-0.1, -0.05) is 30.3 Å². The highest BCUT2D eigenvalue weighted by molar-refractivity contribution is 5.75. The van der Waals surface area contributed by atoms with Crippen LogP contribution in [0.1, 0.15) is 24.8 Å². The van der Waals surface area contributed by atoms with Crippen molar-refractivity contribution < 1.29 is 9.53 Å². The lowest BCUT2D eigenvalue weighted by atomic mass is 10.1. The molecule has 0 radical (unpaired) electrons. The number of amides is 1. The van der Waals surface area contributed by atoms with Crippen LogP contribution in [0.4, 0.5) is 0 Å². The predicted octanol–water partition coefficient (Wildman–Crippen LogP) is 1.85. The highest BCUT2D eigenvalue weighted by atomic mass is 16.5. The molecule has 1 aliphatic rings. The van der Waals surface area contributed by atoms with Gasteiger partial charge in [0, 0.05) is 32.6 Å². The lowest BCUT2D eigenvalue weighted by molar-refractivity contribution is -0.121. The number of hydrogen-bond donors (Lipinski definition) is 1. The molecule has 2 rings (SSSR count). The average Bonchev–Trinajstić information content (AvgIpc) is 2.54. The first kappa shape index (κ1) is 16.0. The summed E-state index contributed by atoms with van der Waals surface area (Å²) in [6, 6.07) is 10.4. The Kier molecular flexibility index (Phi) is 7.25. The topological polar surface area (TPSA) is 41.6 Å². The van der Waals surface area contributed by atoms with Crippen molar-refractivity contribution >= 4 is 5.91 Å². The molecule has 0 aliphatic carbocycles. The molecule has 1 amide bonds. The van der Waals surface area contributed by atoms with Gasteiger partial charge in [-0.05, 0) is 24.8 Å². The molecule has 21 heavy (non-hydrogen) atoms. The van der Waals surface area contributed by atoms with Gasteiger partial charge in [0.2, 0.25) is 5.91 Å². The molecule has 4 nitrogen and oxygen atoms in total.